The highest BCUT2D eigenvalue weighted by atomic mass is 79.9. The molecule has 144 valence electrons. The summed E-state index contributed by atoms with van der Waals surface area (Å²) in [6.07, 6.45) is 1.74. The number of benzene rings is 2. The largest absolute Gasteiger partial charge is 0.496 e. The van der Waals surface area contributed by atoms with Gasteiger partial charge in [-0.05, 0) is 54.2 Å². The van der Waals surface area contributed by atoms with Gasteiger partial charge in [0, 0.05) is 17.1 Å². The topological polar surface area (TPSA) is 79.2 Å². The number of ether oxygens (including phenoxy) is 1. The third kappa shape index (κ3) is 4.24. The van der Waals surface area contributed by atoms with Crippen LogP contribution in [-0.2, 0) is 4.79 Å². The Labute approximate surface area is 179 Å². The van der Waals surface area contributed by atoms with Gasteiger partial charge in [-0.3, -0.25) is 9.69 Å². The summed E-state index contributed by atoms with van der Waals surface area (Å²) in [5.41, 5.74) is 1.10. The molecule has 0 bridgehead atoms. The van der Waals surface area contributed by atoms with Crippen molar-refractivity contribution in [1.82, 2.24) is 4.90 Å². The summed E-state index contributed by atoms with van der Waals surface area (Å²) in [5.74, 6) is -0.711. The van der Waals surface area contributed by atoms with E-state index in [0.29, 0.717) is 21.5 Å². The maximum Gasteiger partial charge on any atom is 0.337 e. The zero-order valence-corrected chi connectivity index (χ0v) is 17.9. The summed E-state index contributed by atoms with van der Waals surface area (Å²) in [7, 11) is 3.18. The van der Waals surface area contributed by atoms with E-state index in [1.165, 1.54) is 28.8 Å². The number of thioether (sulfide) groups is 1. The number of carboxylic acids is 1. The molecule has 1 aliphatic heterocycles. The molecule has 1 fully saturated rings. The van der Waals surface area contributed by atoms with Gasteiger partial charge in [-0.2, -0.15) is 0 Å². The van der Waals surface area contributed by atoms with Crippen LogP contribution in [0.3, 0.4) is 0 Å². The number of nitrogens with zero attached hydrogens (tertiary/aromatic N) is 2. The molecule has 1 aliphatic rings. The molecule has 2 aromatic carbocycles. The van der Waals surface area contributed by atoms with E-state index < -0.39 is 5.97 Å². The minimum Gasteiger partial charge on any atom is -0.496 e. The Hall–Kier alpha value is -2.29. The Kier molecular flexibility index (Phi) is 6.12. The lowest BCUT2D eigenvalue weighted by Gasteiger charge is -2.08. The van der Waals surface area contributed by atoms with Gasteiger partial charge in [-0.15, -0.1) is 0 Å². The first-order valence-corrected chi connectivity index (χ1v) is 9.91. The smallest absolute Gasteiger partial charge is 0.337 e. The minimum atomic E-state index is -1.14. The van der Waals surface area contributed by atoms with Gasteiger partial charge < -0.3 is 9.84 Å². The van der Waals surface area contributed by atoms with E-state index in [0.717, 1.165) is 10.0 Å². The molecule has 3 rings (SSSR count). The molecule has 0 aromatic heterocycles. The van der Waals surface area contributed by atoms with E-state index in [1.807, 2.05) is 12.1 Å². The predicted octanol–water partition coefficient (Wildman–Crippen LogP) is 5.04. The molecule has 1 N–H and O–H groups in total. The van der Waals surface area contributed by atoms with Gasteiger partial charge in [0.1, 0.15) is 5.75 Å². The van der Waals surface area contributed by atoms with Gasteiger partial charge in [0.2, 0.25) is 0 Å². The molecule has 0 aliphatic carbocycles. The zero-order valence-electron chi connectivity index (χ0n) is 14.8. The van der Waals surface area contributed by atoms with Gasteiger partial charge in [0.25, 0.3) is 5.91 Å². The van der Waals surface area contributed by atoms with Gasteiger partial charge in [0.05, 0.1) is 28.3 Å². The zero-order chi connectivity index (χ0) is 20.4. The number of likely N-dealkylation sites (N-methyl/N-ethyl adjacent to an activating group) is 1. The molecule has 0 spiro atoms. The predicted molar refractivity (Wildman–Crippen MR) is 115 cm³/mol. The van der Waals surface area contributed by atoms with E-state index >= 15 is 0 Å². The third-order valence-electron chi connectivity index (χ3n) is 3.89. The average molecular weight is 482 g/mol. The Morgan fingerprint density at radius 1 is 1.32 bits per heavy atom. The van der Waals surface area contributed by atoms with Crippen molar-refractivity contribution in [1.29, 1.82) is 0 Å². The van der Waals surface area contributed by atoms with Gasteiger partial charge in [-0.1, -0.05) is 27.5 Å². The summed E-state index contributed by atoms with van der Waals surface area (Å²) in [4.78, 5) is 30.2. The molecule has 0 radical (unpaired) electrons. The van der Waals surface area contributed by atoms with Crippen LogP contribution in [0.2, 0.25) is 5.02 Å². The number of carbonyl (C=O) groups is 2. The van der Waals surface area contributed by atoms with Crippen LogP contribution in [0.25, 0.3) is 6.08 Å². The number of hydrogen-bond donors (Lipinski definition) is 1. The maximum absolute atomic E-state index is 12.6. The first-order chi connectivity index (χ1) is 13.3. The highest BCUT2D eigenvalue weighted by Crippen LogP contribution is 2.35. The van der Waals surface area contributed by atoms with Crippen LogP contribution in [0.15, 0.2) is 50.8 Å². The molecule has 0 unspecified atom stereocenters. The van der Waals surface area contributed by atoms with Gasteiger partial charge >= 0.3 is 5.97 Å². The van der Waals surface area contributed by atoms with Crippen LogP contribution >= 0.6 is 39.3 Å². The van der Waals surface area contributed by atoms with Gasteiger partial charge in [-0.25, -0.2) is 9.79 Å². The molecule has 6 nitrogen and oxygen atoms in total. The number of aliphatic imine (C=N–C) groups is 1. The summed E-state index contributed by atoms with van der Waals surface area (Å²) in [5, 5.41) is 9.76. The monoisotopic (exact) mass is 480 g/mol. The maximum atomic E-state index is 12.6. The van der Waals surface area contributed by atoms with Crippen LogP contribution in [0, 0.1) is 0 Å². The van der Waals surface area contributed by atoms with Crippen molar-refractivity contribution >= 4 is 68.1 Å². The highest BCUT2D eigenvalue weighted by molar-refractivity contribution is 9.10. The number of hydrogen-bond acceptors (Lipinski definition) is 5. The number of rotatable bonds is 4. The fraction of sp³-hybridized carbons (Fsp3) is 0.105. The number of carbonyl (C=O) groups excluding carboxylic acids is 1. The number of amidine groups is 1. The first-order valence-electron chi connectivity index (χ1n) is 7.93. The molecular formula is C19H14BrClN2O4S. The molecule has 1 saturated heterocycles. The van der Waals surface area contributed by atoms with Crippen LogP contribution in [0.4, 0.5) is 5.69 Å². The van der Waals surface area contributed by atoms with Crippen LogP contribution < -0.4 is 4.74 Å². The molecule has 9 heteroatoms. The van der Waals surface area contributed by atoms with E-state index in [4.69, 9.17) is 16.3 Å². The van der Waals surface area contributed by atoms with Crippen molar-refractivity contribution in [3.63, 3.8) is 0 Å². The summed E-state index contributed by atoms with van der Waals surface area (Å²) in [6.45, 7) is 0. The Bertz CT molecular complexity index is 1040. The third-order valence-corrected chi connectivity index (χ3v) is 5.77. The van der Waals surface area contributed by atoms with Crippen molar-refractivity contribution in [3.8, 4) is 5.75 Å². The van der Waals surface area contributed by atoms with Crippen molar-refractivity contribution in [2.45, 2.75) is 0 Å². The Morgan fingerprint density at radius 3 is 2.75 bits per heavy atom. The van der Waals surface area contributed by atoms with E-state index in [2.05, 4.69) is 20.9 Å². The van der Waals surface area contributed by atoms with Crippen molar-refractivity contribution in [2.75, 3.05) is 14.2 Å². The van der Waals surface area contributed by atoms with E-state index in [9.17, 15) is 14.7 Å². The van der Waals surface area contributed by atoms with Crippen LogP contribution in [0.5, 0.6) is 5.75 Å². The minimum absolute atomic E-state index is 0.0462. The Morgan fingerprint density at radius 2 is 2.07 bits per heavy atom. The fourth-order valence-electron chi connectivity index (χ4n) is 2.47. The fourth-order valence-corrected chi connectivity index (χ4v) is 4.02. The lowest BCUT2D eigenvalue weighted by atomic mass is 10.2. The van der Waals surface area contributed by atoms with E-state index in [-0.39, 0.29) is 16.5 Å². The number of methoxy groups -OCH3 is 1. The van der Waals surface area contributed by atoms with Crippen molar-refractivity contribution in [2.24, 2.45) is 4.99 Å². The molecule has 0 atom stereocenters. The second-order valence-electron chi connectivity index (χ2n) is 5.72. The number of amides is 1. The van der Waals surface area contributed by atoms with E-state index in [1.54, 1.807) is 32.4 Å². The first kappa shape index (κ1) is 20.4. The highest BCUT2D eigenvalue weighted by Gasteiger charge is 2.30. The summed E-state index contributed by atoms with van der Waals surface area (Å²) >= 11 is 10.5. The SMILES string of the molecule is COc1ccc(Br)cc1/C=C1/SC(=Nc2ccc(Cl)c(C(=O)O)c2)N(C)C1=O. The summed E-state index contributed by atoms with van der Waals surface area (Å²) in [6, 6.07) is 9.95. The van der Waals surface area contributed by atoms with Crippen LogP contribution in [-0.4, -0.2) is 41.2 Å². The Balaban J connectivity index is 1.96. The van der Waals surface area contributed by atoms with Crippen LogP contribution in [0.1, 0.15) is 15.9 Å². The van der Waals surface area contributed by atoms with Crippen molar-refractivity contribution < 1.29 is 19.4 Å². The lowest BCUT2D eigenvalue weighted by Crippen LogP contribution is -2.23. The molecule has 1 amide bonds. The number of carboxylic acid groups (broad SMARTS) is 1. The lowest BCUT2D eigenvalue weighted by molar-refractivity contribution is -0.121. The second kappa shape index (κ2) is 8.38. The average Bonchev–Trinajstić information content (AvgIpc) is 2.91. The summed E-state index contributed by atoms with van der Waals surface area (Å²) < 4.78 is 6.21. The quantitative estimate of drug-likeness (QED) is 0.619. The standard InChI is InChI=1S/C19H14BrClN2O4S/c1-23-17(24)16(8-10-7-11(20)3-6-15(10)27-2)28-19(23)22-12-4-5-14(21)13(9-12)18(25)26/h3-9H,1-2H3,(H,25,26)/b16-8+,22-19?. The second-order valence-corrected chi connectivity index (χ2v) is 8.06. The molecule has 0 saturated carbocycles. The molecular weight excluding hydrogens is 468 g/mol. The molecule has 2 aromatic rings. The normalized spacial score (nSPS) is 16.9. The van der Waals surface area contributed by atoms with Crippen molar-refractivity contribution in [3.05, 3.63) is 61.9 Å². The number of aromatic carboxylic acids is 1. The number of halogens is 2. The molecule has 1 heterocycles. The molecule has 28 heavy (non-hydrogen) atoms. The van der Waals surface area contributed by atoms with Gasteiger partial charge in [0.15, 0.2) is 5.17 Å².